The zero-order valence-corrected chi connectivity index (χ0v) is 10.7. The summed E-state index contributed by atoms with van der Waals surface area (Å²) < 4.78 is 0. The zero-order valence-electron chi connectivity index (χ0n) is 10.7. The summed E-state index contributed by atoms with van der Waals surface area (Å²) in [5.41, 5.74) is 5.94. The first-order chi connectivity index (χ1) is 9.77. The molecule has 0 bridgehead atoms. The van der Waals surface area contributed by atoms with Crippen LogP contribution in [0.2, 0.25) is 0 Å². The number of Topliss-reactive ketones (excluding diaryl/α,β-unsaturated/α-hetero) is 2. The van der Waals surface area contributed by atoms with Gasteiger partial charge in [-0.15, -0.1) is 11.2 Å². The van der Waals surface area contributed by atoms with Crippen LogP contribution in [0.3, 0.4) is 0 Å². The fourth-order valence-electron chi connectivity index (χ4n) is 3.53. The highest BCUT2D eigenvalue weighted by atomic mass is 16.8. The number of hydrogen-bond donors (Lipinski definition) is 2. The van der Waals surface area contributed by atoms with Crippen LogP contribution >= 0.6 is 0 Å². The first-order valence-corrected chi connectivity index (χ1v) is 6.76. The van der Waals surface area contributed by atoms with E-state index in [1.54, 1.807) is 24.3 Å². The minimum Gasteiger partial charge on any atom is -0.294 e. The van der Waals surface area contributed by atoms with Gasteiger partial charge in [-0.3, -0.25) is 19.3 Å². The molecule has 6 nitrogen and oxygen atoms in total. The van der Waals surface area contributed by atoms with E-state index < -0.39 is 12.0 Å². The van der Waals surface area contributed by atoms with Gasteiger partial charge >= 0.3 is 0 Å². The second kappa shape index (κ2) is 4.46. The number of carbonyl (C=O) groups excluding carboxylic acids is 2. The van der Waals surface area contributed by atoms with Crippen molar-refractivity contribution in [2.24, 2.45) is 11.8 Å². The average molecular weight is 274 g/mol. The van der Waals surface area contributed by atoms with Gasteiger partial charge in [-0.1, -0.05) is 24.3 Å². The maximum Gasteiger partial charge on any atom is 0.170 e. The highest BCUT2D eigenvalue weighted by Gasteiger charge is 2.52. The van der Waals surface area contributed by atoms with Crippen LogP contribution in [0.1, 0.15) is 33.6 Å². The molecule has 104 valence electrons. The zero-order chi connectivity index (χ0) is 13.7. The van der Waals surface area contributed by atoms with Crippen molar-refractivity contribution < 1.29 is 19.3 Å². The Morgan fingerprint density at radius 1 is 0.950 bits per heavy atom. The number of fused-ring (bicyclic) bond motifs is 4. The van der Waals surface area contributed by atoms with E-state index in [9.17, 15) is 9.59 Å². The molecule has 0 spiro atoms. The summed E-state index contributed by atoms with van der Waals surface area (Å²) in [5, 5.41) is 0. The number of benzene rings is 1. The molecule has 2 fully saturated rings. The molecule has 1 aromatic carbocycles. The minimum atomic E-state index is -0.467. The first-order valence-electron chi connectivity index (χ1n) is 6.76. The molecule has 1 aromatic rings. The molecule has 4 atom stereocenters. The SMILES string of the molecule is O=C1c2ccccc2C(=O)C2C1CCC1ONNOC12. The second-order valence-corrected chi connectivity index (χ2v) is 5.43. The van der Waals surface area contributed by atoms with Gasteiger partial charge in [-0.05, 0) is 12.8 Å². The molecule has 1 heterocycles. The third kappa shape index (κ3) is 1.59. The molecule has 0 radical (unpaired) electrons. The average Bonchev–Trinajstić information content (AvgIpc) is 2.51. The van der Waals surface area contributed by atoms with Crippen LogP contribution in [0.25, 0.3) is 0 Å². The molecule has 1 saturated heterocycles. The van der Waals surface area contributed by atoms with E-state index in [0.29, 0.717) is 24.0 Å². The van der Waals surface area contributed by atoms with Gasteiger partial charge in [0.15, 0.2) is 11.6 Å². The fraction of sp³-hybridized carbons (Fsp3) is 0.429. The summed E-state index contributed by atoms with van der Waals surface area (Å²) in [6, 6.07) is 7.02. The lowest BCUT2D eigenvalue weighted by Gasteiger charge is -2.44. The van der Waals surface area contributed by atoms with Gasteiger partial charge < -0.3 is 0 Å². The number of ketones is 2. The van der Waals surface area contributed by atoms with E-state index in [1.807, 2.05) is 0 Å². The summed E-state index contributed by atoms with van der Waals surface area (Å²) in [6.07, 6.45) is 0.705. The van der Waals surface area contributed by atoms with E-state index in [2.05, 4.69) is 11.2 Å². The highest BCUT2D eigenvalue weighted by Crippen LogP contribution is 2.41. The minimum absolute atomic E-state index is 0.0211. The van der Waals surface area contributed by atoms with Crippen LogP contribution in [0, 0.1) is 11.8 Å². The molecular weight excluding hydrogens is 260 g/mol. The smallest absolute Gasteiger partial charge is 0.170 e. The van der Waals surface area contributed by atoms with Gasteiger partial charge in [0.25, 0.3) is 0 Å². The molecule has 20 heavy (non-hydrogen) atoms. The summed E-state index contributed by atoms with van der Waals surface area (Å²) in [4.78, 5) is 36.1. The second-order valence-electron chi connectivity index (χ2n) is 5.43. The van der Waals surface area contributed by atoms with Crippen molar-refractivity contribution in [3.05, 3.63) is 35.4 Å². The Balaban J connectivity index is 1.79. The quantitative estimate of drug-likeness (QED) is 0.728. The Morgan fingerprint density at radius 3 is 2.45 bits per heavy atom. The summed E-state index contributed by atoms with van der Waals surface area (Å²) >= 11 is 0. The molecule has 4 rings (SSSR count). The van der Waals surface area contributed by atoms with Crippen molar-refractivity contribution in [3.8, 4) is 0 Å². The van der Waals surface area contributed by atoms with Crippen LogP contribution in [-0.4, -0.2) is 23.8 Å². The van der Waals surface area contributed by atoms with E-state index in [-0.39, 0.29) is 23.6 Å². The van der Waals surface area contributed by atoms with Crippen molar-refractivity contribution in [1.82, 2.24) is 11.2 Å². The maximum absolute atomic E-state index is 12.7. The predicted octanol–water partition coefficient (Wildman–Crippen LogP) is 0.800. The first kappa shape index (κ1) is 12.2. The number of hydrazine groups is 1. The lowest BCUT2D eigenvalue weighted by Crippen LogP contribution is -2.60. The Labute approximate surface area is 115 Å². The monoisotopic (exact) mass is 274 g/mol. The molecule has 0 amide bonds. The molecule has 4 unspecified atom stereocenters. The Kier molecular flexibility index (Phi) is 2.71. The maximum atomic E-state index is 12.7. The molecular formula is C14H14N2O4. The lowest BCUT2D eigenvalue weighted by molar-refractivity contribution is -0.273. The van der Waals surface area contributed by atoms with Crippen LogP contribution in [-0.2, 0) is 9.68 Å². The predicted molar refractivity (Wildman–Crippen MR) is 67.3 cm³/mol. The van der Waals surface area contributed by atoms with E-state index in [0.717, 1.165) is 0 Å². The highest BCUT2D eigenvalue weighted by molar-refractivity contribution is 6.16. The van der Waals surface area contributed by atoms with E-state index in [1.165, 1.54) is 0 Å². The van der Waals surface area contributed by atoms with Gasteiger partial charge in [-0.2, -0.15) is 0 Å². The lowest BCUT2D eigenvalue weighted by atomic mass is 9.65. The topological polar surface area (TPSA) is 76.7 Å². The Morgan fingerprint density at radius 2 is 1.65 bits per heavy atom. The van der Waals surface area contributed by atoms with E-state index >= 15 is 0 Å². The summed E-state index contributed by atoms with van der Waals surface area (Å²) in [5.74, 6) is -0.745. The van der Waals surface area contributed by atoms with Crippen molar-refractivity contribution >= 4 is 11.6 Å². The third-order valence-electron chi connectivity index (χ3n) is 4.46. The van der Waals surface area contributed by atoms with Gasteiger partial charge in [0.05, 0.1) is 5.92 Å². The Bertz CT molecular complexity index is 588. The summed E-state index contributed by atoms with van der Waals surface area (Å²) in [7, 11) is 0. The van der Waals surface area contributed by atoms with Crippen LogP contribution in [0.15, 0.2) is 24.3 Å². The van der Waals surface area contributed by atoms with Gasteiger partial charge in [0, 0.05) is 17.0 Å². The molecule has 0 aromatic heterocycles. The van der Waals surface area contributed by atoms with Crippen molar-refractivity contribution in [3.63, 3.8) is 0 Å². The fourth-order valence-corrected chi connectivity index (χ4v) is 3.53. The molecule has 3 aliphatic rings. The number of nitrogens with one attached hydrogen (secondary N) is 2. The summed E-state index contributed by atoms with van der Waals surface area (Å²) in [6.45, 7) is 0. The van der Waals surface area contributed by atoms with Gasteiger partial charge in [0.2, 0.25) is 0 Å². The van der Waals surface area contributed by atoms with Gasteiger partial charge in [0.1, 0.15) is 12.2 Å². The number of hydrogen-bond acceptors (Lipinski definition) is 6. The molecule has 2 aliphatic carbocycles. The molecule has 1 saturated carbocycles. The van der Waals surface area contributed by atoms with Crippen molar-refractivity contribution in [1.29, 1.82) is 0 Å². The normalized spacial score (nSPS) is 36.0. The van der Waals surface area contributed by atoms with Crippen molar-refractivity contribution in [2.45, 2.75) is 25.0 Å². The number of rotatable bonds is 0. The molecule has 6 heteroatoms. The van der Waals surface area contributed by atoms with Gasteiger partial charge in [-0.25, -0.2) is 0 Å². The third-order valence-corrected chi connectivity index (χ3v) is 4.46. The van der Waals surface area contributed by atoms with E-state index in [4.69, 9.17) is 9.68 Å². The van der Waals surface area contributed by atoms with Crippen LogP contribution in [0.5, 0.6) is 0 Å². The molecule has 2 N–H and O–H groups in total. The van der Waals surface area contributed by atoms with Crippen LogP contribution in [0.4, 0.5) is 0 Å². The van der Waals surface area contributed by atoms with Crippen molar-refractivity contribution in [2.75, 3.05) is 0 Å². The largest absolute Gasteiger partial charge is 0.294 e. The molecule has 1 aliphatic heterocycles. The number of carbonyl (C=O) groups is 2. The standard InChI is InChI=1S/C14H14N2O4/c17-12-7-3-1-2-4-8(7)13(18)11-9(12)5-6-10-14(11)20-16-15-19-10/h1-4,9-11,14-16H,5-6H2. The Hall–Kier alpha value is -1.60. The van der Waals surface area contributed by atoms with Crippen LogP contribution < -0.4 is 11.2 Å².